The monoisotopic (exact) mass is 278 g/mol. The molecule has 1 aromatic rings. The molecule has 1 heterocycles. The molecule has 1 aromatic carbocycles. The lowest BCUT2D eigenvalue weighted by Gasteiger charge is -2.22. The maximum atomic E-state index is 5.57. The summed E-state index contributed by atoms with van der Waals surface area (Å²) in [6.45, 7) is 6.26. The van der Waals surface area contributed by atoms with Gasteiger partial charge in [0.15, 0.2) is 16.6 Å². The minimum Gasteiger partial charge on any atom is -0.486 e. The van der Waals surface area contributed by atoms with Crippen LogP contribution in [0.25, 0.3) is 0 Å². The molecule has 0 aliphatic carbocycles. The van der Waals surface area contributed by atoms with Crippen LogP contribution in [-0.4, -0.2) is 36.8 Å². The zero-order chi connectivity index (χ0) is 13.7. The van der Waals surface area contributed by atoms with Crippen LogP contribution >= 0.6 is 12.2 Å². The Kier molecular flexibility index (Phi) is 4.63. The van der Waals surface area contributed by atoms with Gasteiger partial charge >= 0.3 is 0 Å². The first-order chi connectivity index (χ1) is 9.20. The normalized spacial score (nSPS) is 12.7. The fourth-order valence-electron chi connectivity index (χ4n) is 1.83. The molecular formula is C14H18N2O2S. The first-order valence-electron chi connectivity index (χ1n) is 6.19. The maximum absolute atomic E-state index is 5.57. The van der Waals surface area contributed by atoms with Crippen LogP contribution < -0.4 is 14.8 Å². The summed E-state index contributed by atoms with van der Waals surface area (Å²) in [5.74, 6) is 1.62. The van der Waals surface area contributed by atoms with Gasteiger partial charge in [-0.05, 0) is 29.9 Å². The Balaban J connectivity index is 1.98. The summed E-state index contributed by atoms with van der Waals surface area (Å²) in [4.78, 5) is 1.98. The molecule has 2 rings (SSSR count). The van der Waals surface area contributed by atoms with Crippen molar-refractivity contribution in [1.29, 1.82) is 0 Å². The quantitative estimate of drug-likeness (QED) is 0.672. The van der Waals surface area contributed by atoms with E-state index in [0.29, 0.717) is 24.9 Å². The highest BCUT2D eigenvalue weighted by molar-refractivity contribution is 7.80. The number of ether oxygens (including phenoxy) is 2. The molecule has 19 heavy (non-hydrogen) atoms. The molecular weight excluding hydrogens is 260 g/mol. The first-order valence-corrected chi connectivity index (χ1v) is 6.60. The zero-order valence-corrected chi connectivity index (χ0v) is 11.8. The molecule has 1 N–H and O–H groups in total. The van der Waals surface area contributed by atoms with Gasteiger partial charge in [-0.2, -0.15) is 0 Å². The third kappa shape index (κ3) is 3.61. The van der Waals surface area contributed by atoms with E-state index in [2.05, 4.69) is 11.9 Å². The molecule has 1 aliphatic heterocycles. The van der Waals surface area contributed by atoms with E-state index in [1.807, 2.05) is 30.1 Å². The van der Waals surface area contributed by atoms with Gasteiger partial charge in [0.05, 0.1) is 0 Å². The Bertz CT molecular complexity index is 477. The molecule has 0 saturated heterocycles. The van der Waals surface area contributed by atoms with Crippen molar-refractivity contribution in [3.63, 3.8) is 0 Å². The van der Waals surface area contributed by atoms with Crippen LogP contribution in [0.5, 0.6) is 11.5 Å². The molecule has 4 nitrogen and oxygen atoms in total. The lowest BCUT2D eigenvalue weighted by atomic mass is 10.2. The molecule has 1 aliphatic rings. The SMILES string of the molecule is C=CCNC(=S)N(C)Cc1ccc2c(c1)OCCO2. The van der Waals surface area contributed by atoms with Crippen LogP contribution in [-0.2, 0) is 6.54 Å². The van der Waals surface area contributed by atoms with Crippen LogP contribution in [0.2, 0.25) is 0 Å². The Morgan fingerprint density at radius 2 is 2.16 bits per heavy atom. The van der Waals surface area contributed by atoms with E-state index in [1.54, 1.807) is 6.08 Å². The van der Waals surface area contributed by atoms with Gasteiger partial charge in [0, 0.05) is 20.1 Å². The number of rotatable bonds is 4. The predicted octanol–water partition coefficient (Wildman–Crippen LogP) is 1.95. The summed E-state index contributed by atoms with van der Waals surface area (Å²) in [6, 6.07) is 5.97. The minimum atomic E-state index is 0.603. The topological polar surface area (TPSA) is 33.7 Å². The predicted molar refractivity (Wildman–Crippen MR) is 79.7 cm³/mol. The van der Waals surface area contributed by atoms with Gasteiger partial charge < -0.3 is 19.7 Å². The molecule has 0 unspecified atom stereocenters. The number of hydrogen-bond donors (Lipinski definition) is 1. The van der Waals surface area contributed by atoms with Crippen molar-refractivity contribution in [2.45, 2.75) is 6.54 Å². The second kappa shape index (κ2) is 6.43. The van der Waals surface area contributed by atoms with Crippen LogP contribution in [0, 0.1) is 0 Å². The minimum absolute atomic E-state index is 0.603. The van der Waals surface area contributed by atoms with Crippen LogP contribution in [0.1, 0.15) is 5.56 Å². The third-order valence-corrected chi connectivity index (χ3v) is 3.23. The second-order valence-electron chi connectivity index (χ2n) is 4.31. The molecule has 0 radical (unpaired) electrons. The summed E-state index contributed by atoms with van der Waals surface area (Å²) < 4.78 is 11.1. The van der Waals surface area contributed by atoms with Gasteiger partial charge in [0.1, 0.15) is 13.2 Å². The van der Waals surface area contributed by atoms with Crippen molar-refractivity contribution in [3.8, 4) is 11.5 Å². The van der Waals surface area contributed by atoms with Crippen molar-refractivity contribution in [3.05, 3.63) is 36.4 Å². The molecule has 0 bridgehead atoms. The highest BCUT2D eigenvalue weighted by atomic mass is 32.1. The van der Waals surface area contributed by atoms with Crippen LogP contribution in [0.3, 0.4) is 0 Å². The van der Waals surface area contributed by atoms with E-state index in [-0.39, 0.29) is 0 Å². The first kappa shape index (κ1) is 13.7. The molecule has 0 spiro atoms. The lowest BCUT2D eigenvalue weighted by molar-refractivity contribution is 0.171. The Morgan fingerprint density at radius 1 is 1.42 bits per heavy atom. The number of nitrogens with one attached hydrogen (secondary N) is 1. The maximum Gasteiger partial charge on any atom is 0.169 e. The number of benzene rings is 1. The summed E-state index contributed by atoms with van der Waals surface area (Å²) in [6.07, 6.45) is 1.78. The Labute approximate surface area is 119 Å². The standard InChI is InChI=1S/C14H18N2O2S/c1-3-6-15-14(19)16(2)10-11-4-5-12-13(9-11)18-8-7-17-12/h3-5,9H,1,6-8,10H2,2H3,(H,15,19). The molecule has 0 amide bonds. The smallest absolute Gasteiger partial charge is 0.169 e. The Hall–Kier alpha value is -1.75. The Morgan fingerprint density at radius 3 is 2.89 bits per heavy atom. The van der Waals surface area contributed by atoms with Gasteiger partial charge in [0.25, 0.3) is 0 Å². The molecule has 102 valence electrons. The fourth-order valence-corrected chi connectivity index (χ4v) is 1.97. The van der Waals surface area contributed by atoms with E-state index in [9.17, 15) is 0 Å². The summed E-state index contributed by atoms with van der Waals surface area (Å²) in [5, 5.41) is 3.80. The van der Waals surface area contributed by atoms with E-state index < -0.39 is 0 Å². The number of hydrogen-bond acceptors (Lipinski definition) is 3. The lowest BCUT2D eigenvalue weighted by Crippen LogP contribution is -2.36. The van der Waals surface area contributed by atoms with E-state index in [1.165, 1.54) is 0 Å². The van der Waals surface area contributed by atoms with Crippen molar-refractivity contribution in [2.75, 3.05) is 26.8 Å². The fraction of sp³-hybridized carbons (Fsp3) is 0.357. The summed E-state index contributed by atoms with van der Waals surface area (Å²) >= 11 is 5.27. The second-order valence-corrected chi connectivity index (χ2v) is 4.70. The van der Waals surface area contributed by atoms with Crippen molar-refractivity contribution < 1.29 is 9.47 Å². The van der Waals surface area contributed by atoms with E-state index in [4.69, 9.17) is 21.7 Å². The van der Waals surface area contributed by atoms with Crippen molar-refractivity contribution >= 4 is 17.3 Å². The van der Waals surface area contributed by atoms with Crippen molar-refractivity contribution in [1.82, 2.24) is 10.2 Å². The van der Waals surface area contributed by atoms with Gasteiger partial charge in [0.2, 0.25) is 0 Å². The van der Waals surface area contributed by atoms with Gasteiger partial charge in [-0.1, -0.05) is 12.1 Å². The number of nitrogens with zero attached hydrogens (tertiary/aromatic N) is 1. The van der Waals surface area contributed by atoms with E-state index >= 15 is 0 Å². The summed E-state index contributed by atoms with van der Waals surface area (Å²) in [7, 11) is 1.95. The van der Waals surface area contributed by atoms with Crippen molar-refractivity contribution in [2.24, 2.45) is 0 Å². The third-order valence-electron chi connectivity index (χ3n) is 2.77. The average Bonchev–Trinajstić information content (AvgIpc) is 2.44. The number of thiocarbonyl (C=S) groups is 1. The van der Waals surface area contributed by atoms with Crippen LogP contribution in [0.4, 0.5) is 0 Å². The molecule has 5 heteroatoms. The molecule has 0 fully saturated rings. The van der Waals surface area contributed by atoms with E-state index in [0.717, 1.165) is 23.6 Å². The van der Waals surface area contributed by atoms with Gasteiger partial charge in [-0.15, -0.1) is 6.58 Å². The molecule has 0 saturated carbocycles. The molecule has 0 aromatic heterocycles. The largest absolute Gasteiger partial charge is 0.486 e. The molecule has 0 atom stereocenters. The van der Waals surface area contributed by atoms with Crippen LogP contribution in [0.15, 0.2) is 30.9 Å². The van der Waals surface area contributed by atoms with Gasteiger partial charge in [-0.25, -0.2) is 0 Å². The number of fused-ring (bicyclic) bond motifs is 1. The van der Waals surface area contributed by atoms with Gasteiger partial charge in [-0.3, -0.25) is 0 Å². The highest BCUT2D eigenvalue weighted by Gasteiger charge is 2.12. The highest BCUT2D eigenvalue weighted by Crippen LogP contribution is 2.30. The zero-order valence-electron chi connectivity index (χ0n) is 11.0. The average molecular weight is 278 g/mol. The summed E-state index contributed by atoms with van der Waals surface area (Å²) in [5.41, 5.74) is 1.13.